The first kappa shape index (κ1) is 17.1. The van der Waals surface area contributed by atoms with Gasteiger partial charge in [-0.25, -0.2) is 0 Å². The van der Waals surface area contributed by atoms with E-state index in [1.165, 1.54) is 33.6 Å². The summed E-state index contributed by atoms with van der Waals surface area (Å²) in [6, 6.07) is 36.6. The Morgan fingerprint density at radius 2 is 1.04 bits per heavy atom. The van der Waals surface area contributed by atoms with Crippen LogP contribution in [0.4, 0.5) is 17.1 Å². The van der Waals surface area contributed by atoms with Crippen molar-refractivity contribution in [3.8, 4) is 11.1 Å². The van der Waals surface area contributed by atoms with Gasteiger partial charge in [0.05, 0.1) is 0 Å². The first-order valence-electron chi connectivity index (χ1n) is 9.30. The second-order valence-electron chi connectivity index (χ2n) is 6.92. The topological polar surface area (TPSA) is 3.24 Å². The summed E-state index contributed by atoms with van der Waals surface area (Å²) >= 11 is 0. The van der Waals surface area contributed by atoms with Gasteiger partial charge in [-0.3, -0.25) is 0 Å². The quantitative estimate of drug-likeness (QED) is 0.370. The monoisotopic (exact) mass is 349 g/mol. The SMILES string of the molecule is Cc1ccc(N(c2ccc(-c3ccccc3)cc2)c2cccc(C)c2)cc1. The average molecular weight is 349 g/mol. The molecule has 0 amide bonds. The highest BCUT2D eigenvalue weighted by molar-refractivity contribution is 5.78. The smallest absolute Gasteiger partial charge is 0.0464 e. The van der Waals surface area contributed by atoms with E-state index < -0.39 is 0 Å². The Balaban J connectivity index is 1.77. The highest BCUT2D eigenvalue weighted by Crippen LogP contribution is 2.35. The molecule has 0 aliphatic rings. The lowest BCUT2D eigenvalue weighted by Crippen LogP contribution is -2.10. The molecule has 132 valence electrons. The van der Waals surface area contributed by atoms with E-state index in [9.17, 15) is 0 Å². The fourth-order valence-electron chi connectivity index (χ4n) is 3.34. The lowest BCUT2D eigenvalue weighted by Gasteiger charge is -2.26. The Kier molecular flexibility index (Phi) is 4.76. The number of anilines is 3. The Morgan fingerprint density at radius 1 is 0.444 bits per heavy atom. The molecule has 1 heteroatoms. The molecule has 0 bridgehead atoms. The van der Waals surface area contributed by atoms with Crippen LogP contribution in [-0.4, -0.2) is 0 Å². The number of aryl methyl sites for hydroxylation is 2. The summed E-state index contributed by atoms with van der Waals surface area (Å²) in [6.45, 7) is 4.25. The van der Waals surface area contributed by atoms with E-state index in [1.807, 2.05) is 0 Å². The summed E-state index contributed by atoms with van der Waals surface area (Å²) in [4.78, 5) is 2.31. The fraction of sp³-hybridized carbons (Fsp3) is 0.0769. The van der Waals surface area contributed by atoms with Gasteiger partial charge in [0.15, 0.2) is 0 Å². The van der Waals surface area contributed by atoms with Crippen molar-refractivity contribution in [1.82, 2.24) is 0 Å². The predicted molar refractivity (Wildman–Crippen MR) is 116 cm³/mol. The molecule has 0 fully saturated rings. The summed E-state index contributed by atoms with van der Waals surface area (Å²) in [6.07, 6.45) is 0. The number of benzene rings is 4. The predicted octanol–water partition coefficient (Wildman–Crippen LogP) is 7.44. The van der Waals surface area contributed by atoms with Crippen molar-refractivity contribution in [3.05, 3.63) is 114 Å². The van der Waals surface area contributed by atoms with Crippen LogP contribution in [-0.2, 0) is 0 Å². The van der Waals surface area contributed by atoms with Crippen LogP contribution < -0.4 is 4.90 Å². The van der Waals surface area contributed by atoms with Crippen molar-refractivity contribution in [2.24, 2.45) is 0 Å². The van der Waals surface area contributed by atoms with E-state index in [4.69, 9.17) is 0 Å². The van der Waals surface area contributed by atoms with E-state index in [0.717, 1.165) is 5.69 Å². The van der Waals surface area contributed by atoms with Crippen molar-refractivity contribution >= 4 is 17.1 Å². The minimum Gasteiger partial charge on any atom is -0.310 e. The highest BCUT2D eigenvalue weighted by atomic mass is 15.1. The molecular weight excluding hydrogens is 326 g/mol. The first-order chi connectivity index (χ1) is 13.2. The maximum Gasteiger partial charge on any atom is 0.0464 e. The van der Waals surface area contributed by atoms with Crippen LogP contribution in [0.2, 0.25) is 0 Å². The van der Waals surface area contributed by atoms with Crippen LogP contribution in [0.1, 0.15) is 11.1 Å². The molecule has 0 aromatic heterocycles. The Morgan fingerprint density at radius 3 is 1.67 bits per heavy atom. The highest BCUT2D eigenvalue weighted by Gasteiger charge is 2.12. The molecule has 0 saturated heterocycles. The molecule has 0 spiro atoms. The molecular formula is C26H23N. The fourth-order valence-corrected chi connectivity index (χ4v) is 3.34. The summed E-state index contributed by atoms with van der Waals surface area (Å²) in [5, 5.41) is 0. The number of nitrogens with zero attached hydrogens (tertiary/aromatic N) is 1. The van der Waals surface area contributed by atoms with Crippen molar-refractivity contribution in [3.63, 3.8) is 0 Å². The van der Waals surface area contributed by atoms with Gasteiger partial charge in [-0.2, -0.15) is 0 Å². The molecule has 0 atom stereocenters. The first-order valence-corrected chi connectivity index (χ1v) is 9.30. The molecule has 0 heterocycles. The number of rotatable bonds is 4. The summed E-state index contributed by atoms with van der Waals surface area (Å²) in [5.41, 5.74) is 8.48. The van der Waals surface area contributed by atoms with Gasteiger partial charge in [0.25, 0.3) is 0 Å². The molecule has 4 aromatic carbocycles. The van der Waals surface area contributed by atoms with Gasteiger partial charge >= 0.3 is 0 Å². The number of hydrogen-bond donors (Lipinski definition) is 0. The Hall–Kier alpha value is -3.32. The normalized spacial score (nSPS) is 10.6. The van der Waals surface area contributed by atoms with E-state index >= 15 is 0 Å². The van der Waals surface area contributed by atoms with Crippen LogP contribution in [0.15, 0.2) is 103 Å². The minimum absolute atomic E-state index is 1.16. The van der Waals surface area contributed by atoms with Gasteiger partial charge in [-0.05, 0) is 66.9 Å². The third-order valence-electron chi connectivity index (χ3n) is 4.78. The standard InChI is InChI=1S/C26H23N/c1-20-11-15-24(16-12-20)27(26-10-6-7-21(2)19-26)25-17-13-23(14-18-25)22-8-4-3-5-9-22/h3-19H,1-2H3. The van der Waals surface area contributed by atoms with Crippen LogP contribution in [0.3, 0.4) is 0 Å². The molecule has 0 saturated carbocycles. The lowest BCUT2D eigenvalue weighted by molar-refractivity contribution is 1.26. The largest absolute Gasteiger partial charge is 0.310 e. The third-order valence-corrected chi connectivity index (χ3v) is 4.78. The number of hydrogen-bond acceptors (Lipinski definition) is 1. The van der Waals surface area contributed by atoms with Crippen molar-refractivity contribution in [2.45, 2.75) is 13.8 Å². The summed E-state index contributed by atoms with van der Waals surface area (Å²) < 4.78 is 0. The van der Waals surface area contributed by atoms with E-state index in [2.05, 4.69) is 122 Å². The minimum atomic E-state index is 1.16. The van der Waals surface area contributed by atoms with Crippen molar-refractivity contribution in [1.29, 1.82) is 0 Å². The van der Waals surface area contributed by atoms with Gasteiger partial charge in [-0.1, -0.05) is 72.3 Å². The molecule has 0 N–H and O–H groups in total. The van der Waals surface area contributed by atoms with Gasteiger partial charge in [0.2, 0.25) is 0 Å². The van der Waals surface area contributed by atoms with Gasteiger partial charge < -0.3 is 4.90 Å². The molecule has 0 aliphatic heterocycles. The molecule has 27 heavy (non-hydrogen) atoms. The Bertz CT molecular complexity index is 1020. The molecule has 0 aliphatic carbocycles. The summed E-state index contributed by atoms with van der Waals surface area (Å²) in [7, 11) is 0. The van der Waals surface area contributed by atoms with E-state index in [1.54, 1.807) is 0 Å². The van der Waals surface area contributed by atoms with E-state index in [-0.39, 0.29) is 0 Å². The lowest BCUT2D eigenvalue weighted by atomic mass is 10.0. The van der Waals surface area contributed by atoms with Crippen molar-refractivity contribution in [2.75, 3.05) is 4.90 Å². The zero-order chi connectivity index (χ0) is 18.6. The average Bonchev–Trinajstić information content (AvgIpc) is 2.71. The van der Waals surface area contributed by atoms with Gasteiger partial charge in [0, 0.05) is 17.1 Å². The van der Waals surface area contributed by atoms with Crippen LogP contribution in [0, 0.1) is 13.8 Å². The summed E-state index contributed by atoms with van der Waals surface area (Å²) in [5.74, 6) is 0. The van der Waals surface area contributed by atoms with Crippen LogP contribution >= 0.6 is 0 Å². The molecule has 4 aromatic rings. The van der Waals surface area contributed by atoms with Crippen LogP contribution in [0.5, 0.6) is 0 Å². The van der Waals surface area contributed by atoms with E-state index in [0.29, 0.717) is 0 Å². The van der Waals surface area contributed by atoms with Crippen molar-refractivity contribution < 1.29 is 0 Å². The molecule has 0 unspecified atom stereocenters. The van der Waals surface area contributed by atoms with Gasteiger partial charge in [0.1, 0.15) is 0 Å². The zero-order valence-corrected chi connectivity index (χ0v) is 15.8. The maximum absolute atomic E-state index is 2.31. The molecule has 0 radical (unpaired) electrons. The Labute approximate surface area is 161 Å². The third kappa shape index (κ3) is 3.78. The van der Waals surface area contributed by atoms with Gasteiger partial charge in [-0.15, -0.1) is 0 Å². The van der Waals surface area contributed by atoms with Crippen LogP contribution in [0.25, 0.3) is 11.1 Å². The maximum atomic E-state index is 2.31. The second-order valence-corrected chi connectivity index (χ2v) is 6.92. The zero-order valence-electron chi connectivity index (χ0n) is 15.8. The molecule has 4 rings (SSSR count). The molecule has 1 nitrogen and oxygen atoms in total. The second kappa shape index (κ2) is 7.51.